The predicted octanol–water partition coefficient (Wildman–Crippen LogP) is 3.89. The van der Waals surface area contributed by atoms with Crippen molar-refractivity contribution in [2.45, 2.75) is 44.7 Å². The largest absolute Gasteiger partial charge is 0.359 e. The first-order chi connectivity index (χ1) is 8.76. The SMILES string of the molecule is CC1CCCC2(CSC(=NCc3cccs3)N2)C1. The maximum absolute atomic E-state index is 4.72. The Labute approximate surface area is 117 Å². The lowest BCUT2D eigenvalue weighted by Gasteiger charge is -2.36. The van der Waals surface area contributed by atoms with E-state index in [2.05, 4.69) is 29.8 Å². The maximum atomic E-state index is 4.72. The summed E-state index contributed by atoms with van der Waals surface area (Å²) in [6, 6.07) is 4.26. The number of rotatable bonds is 2. The quantitative estimate of drug-likeness (QED) is 0.889. The van der Waals surface area contributed by atoms with Crippen LogP contribution in [0.2, 0.25) is 0 Å². The standard InChI is InChI=1S/C14H20N2S2/c1-11-4-2-6-14(8-11)10-18-13(16-14)15-9-12-5-3-7-17-12/h3,5,7,11H,2,4,6,8-10H2,1H3,(H,15,16). The van der Waals surface area contributed by atoms with Crippen molar-refractivity contribution < 1.29 is 0 Å². The third-order valence-electron chi connectivity index (χ3n) is 3.91. The van der Waals surface area contributed by atoms with E-state index in [-0.39, 0.29) is 0 Å². The van der Waals surface area contributed by atoms with Crippen LogP contribution < -0.4 is 5.32 Å². The lowest BCUT2D eigenvalue weighted by molar-refractivity contribution is 0.242. The van der Waals surface area contributed by atoms with Crippen LogP contribution in [0.4, 0.5) is 0 Å². The van der Waals surface area contributed by atoms with Crippen molar-refractivity contribution in [2.24, 2.45) is 10.9 Å². The van der Waals surface area contributed by atoms with E-state index < -0.39 is 0 Å². The molecule has 1 aliphatic carbocycles. The molecule has 3 rings (SSSR count). The van der Waals surface area contributed by atoms with Gasteiger partial charge in [-0.25, -0.2) is 0 Å². The van der Waals surface area contributed by atoms with Crippen molar-refractivity contribution >= 4 is 28.3 Å². The van der Waals surface area contributed by atoms with Gasteiger partial charge in [0.05, 0.1) is 6.54 Å². The molecule has 1 spiro atoms. The summed E-state index contributed by atoms with van der Waals surface area (Å²) in [5.41, 5.74) is 0.358. The van der Waals surface area contributed by atoms with Crippen molar-refractivity contribution in [3.63, 3.8) is 0 Å². The predicted molar refractivity (Wildman–Crippen MR) is 81.4 cm³/mol. The average molecular weight is 280 g/mol. The molecule has 2 nitrogen and oxygen atoms in total. The van der Waals surface area contributed by atoms with Crippen LogP contribution >= 0.6 is 23.1 Å². The summed E-state index contributed by atoms with van der Waals surface area (Å²) in [5.74, 6) is 2.07. The zero-order valence-electron chi connectivity index (χ0n) is 10.8. The fourth-order valence-corrected chi connectivity index (χ4v) is 4.87. The number of thioether (sulfide) groups is 1. The molecule has 2 aliphatic rings. The van der Waals surface area contributed by atoms with E-state index in [9.17, 15) is 0 Å². The van der Waals surface area contributed by atoms with Gasteiger partial charge in [-0.3, -0.25) is 4.99 Å². The zero-order valence-corrected chi connectivity index (χ0v) is 12.4. The molecule has 98 valence electrons. The van der Waals surface area contributed by atoms with Gasteiger partial charge in [-0.05, 0) is 30.2 Å². The second kappa shape index (κ2) is 5.25. The van der Waals surface area contributed by atoms with Gasteiger partial charge in [0.2, 0.25) is 0 Å². The van der Waals surface area contributed by atoms with E-state index in [4.69, 9.17) is 4.99 Å². The molecule has 2 unspecified atom stereocenters. The highest BCUT2D eigenvalue weighted by Gasteiger charge is 2.40. The molecule has 0 aromatic carbocycles. The Morgan fingerprint density at radius 3 is 3.28 bits per heavy atom. The molecule has 2 heterocycles. The molecule has 0 bridgehead atoms. The van der Waals surface area contributed by atoms with Crippen LogP contribution in [0.15, 0.2) is 22.5 Å². The summed E-state index contributed by atoms with van der Waals surface area (Å²) in [5, 5.41) is 7.00. The summed E-state index contributed by atoms with van der Waals surface area (Å²) < 4.78 is 0. The molecule has 2 fully saturated rings. The summed E-state index contributed by atoms with van der Waals surface area (Å²) in [4.78, 5) is 6.07. The van der Waals surface area contributed by atoms with E-state index in [0.717, 1.165) is 17.6 Å². The molecule has 1 aromatic heterocycles. The van der Waals surface area contributed by atoms with Crippen LogP contribution in [0.5, 0.6) is 0 Å². The van der Waals surface area contributed by atoms with Crippen LogP contribution in [0.1, 0.15) is 37.5 Å². The Kier molecular flexibility index (Phi) is 3.66. The van der Waals surface area contributed by atoms with Crippen molar-refractivity contribution in [1.82, 2.24) is 5.32 Å². The molecule has 4 heteroatoms. The molecule has 1 N–H and O–H groups in total. The summed E-state index contributed by atoms with van der Waals surface area (Å²) >= 11 is 3.70. The average Bonchev–Trinajstić information content (AvgIpc) is 2.97. The van der Waals surface area contributed by atoms with E-state index in [0.29, 0.717) is 5.54 Å². The molecular formula is C14H20N2S2. The minimum absolute atomic E-state index is 0.358. The van der Waals surface area contributed by atoms with E-state index in [1.807, 2.05) is 11.8 Å². The fourth-order valence-electron chi connectivity index (χ4n) is 3.05. The van der Waals surface area contributed by atoms with Crippen LogP contribution in [0.25, 0.3) is 0 Å². The number of hydrogen-bond acceptors (Lipinski definition) is 3. The Morgan fingerprint density at radius 1 is 1.56 bits per heavy atom. The number of amidine groups is 1. The van der Waals surface area contributed by atoms with Crippen molar-refractivity contribution in [3.05, 3.63) is 22.4 Å². The Morgan fingerprint density at radius 2 is 2.50 bits per heavy atom. The molecule has 1 saturated heterocycles. The second-order valence-electron chi connectivity index (χ2n) is 5.60. The monoisotopic (exact) mass is 280 g/mol. The third-order valence-corrected chi connectivity index (χ3v) is 5.97. The molecule has 0 amide bonds. The zero-order chi connectivity index (χ0) is 12.4. The minimum atomic E-state index is 0.358. The molecule has 2 atom stereocenters. The third kappa shape index (κ3) is 2.75. The molecule has 18 heavy (non-hydrogen) atoms. The normalized spacial score (nSPS) is 34.1. The van der Waals surface area contributed by atoms with Gasteiger partial charge in [-0.15, -0.1) is 11.3 Å². The minimum Gasteiger partial charge on any atom is -0.359 e. The lowest BCUT2D eigenvalue weighted by atomic mass is 9.78. The van der Waals surface area contributed by atoms with E-state index >= 15 is 0 Å². The van der Waals surface area contributed by atoms with Gasteiger partial charge in [0.25, 0.3) is 0 Å². The topological polar surface area (TPSA) is 24.4 Å². The van der Waals surface area contributed by atoms with Crippen LogP contribution in [0, 0.1) is 5.92 Å². The van der Waals surface area contributed by atoms with Gasteiger partial charge in [0.1, 0.15) is 0 Å². The molecule has 0 radical (unpaired) electrons. The summed E-state index contributed by atoms with van der Waals surface area (Å²) in [6.45, 7) is 3.21. The van der Waals surface area contributed by atoms with E-state index in [1.165, 1.54) is 36.3 Å². The highest BCUT2D eigenvalue weighted by molar-refractivity contribution is 8.14. The Hall–Kier alpha value is -0.480. The number of thiophene rings is 1. The van der Waals surface area contributed by atoms with Crippen molar-refractivity contribution in [3.8, 4) is 0 Å². The van der Waals surface area contributed by atoms with Crippen molar-refractivity contribution in [1.29, 1.82) is 0 Å². The smallest absolute Gasteiger partial charge is 0.157 e. The van der Waals surface area contributed by atoms with Gasteiger partial charge < -0.3 is 5.32 Å². The molecule has 1 aromatic rings. The maximum Gasteiger partial charge on any atom is 0.157 e. The number of nitrogens with one attached hydrogen (secondary N) is 1. The van der Waals surface area contributed by atoms with Gasteiger partial charge in [-0.1, -0.05) is 37.6 Å². The van der Waals surface area contributed by atoms with Crippen LogP contribution in [-0.4, -0.2) is 16.5 Å². The first-order valence-corrected chi connectivity index (χ1v) is 8.60. The summed E-state index contributed by atoms with van der Waals surface area (Å²) in [6.07, 6.45) is 5.41. The fraction of sp³-hybridized carbons (Fsp3) is 0.643. The van der Waals surface area contributed by atoms with Gasteiger partial charge in [0.15, 0.2) is 5.17 Å². The highest BCUT2D eigenvalue weighted by atomic mass is 32.2. The van der Waals surface area contributed by atoms with Gasteiger partial charge in [0, 0.05) is 16.2 Å². The molecule has 1 aliphatic heterocycles. The second-order valence-corrected chi connectivity index (χ2v) is 7.59. The Balaban J connectivity index is 1.62. The summed E-state index contributed by atoms with van der Waals surface area (Å²) in [7, 11) is 0. The number of nitrogens with zero attached hydrogens (tertiary/aromatic N) is 1. The highest BCUT2D eigenvalue weighted by Crippen LogP contribution is 2.38. The van der Waals surface area contributed by atoms with Crippen LogP contribution in [0.3, 0.4) is 0 Å². The molecular weight excluding hydrogens is 260 g/mol. The van der Waals surface area contributed by atoms with Gasteiger partial charge >= 0.3 is 0 Å². The first kappa shape index (κ1) is 12.5. The number of aliphatic imine (C=N–C) groups is 1. The van der Waals surface area contributed by atoms with Gasteiger partial charge in [-0.2, -0.15) is 0 Å². The molecule has 1 saturated carbocycles. The first-order valence-electron chi connectivity index (χ1n) is 6.74. The lowest BCUT2D eigenvalue weighted by Crippen LogP contribution is -2.47. The van der Waals surface area contributed by atoms with Crippen LogP contribution in [-0.2, 0) is 6.54 Å². The van der Waals surface area contributed by atoms with Crippen molar-refractivity contribution in [2.75, 3.05) is 5.75 Å². The number of hydrogen-bond donors (Lipinski definition) is 1. The van der Waals surface area contributed by atoms with E-state index in [1.54, 1.807) is 11.3 Å². The Bertz CT molecular complexity index is 427.